The molecule has 3 aromatic rings. The van der Waals surface area contributed by atoms with Crippen LogP contribution in [0.2, 0.25) is 0 Å². The van der Waals surface area contributed by atoms with Gasteiger partial charge in [0, 0.05) is 29.1 Å². The molecule has 3 nitrogen and oxygen atoms in total. The average Bonchev–Trinajstić information content (AvgIpc) is 2.97. The minimum absolute atomic E-state index is 0.251. The fourth-order valence-corrected chi connectivity index (χ4v) is 2.92. The molecule has 0 aliphatic heterocycles. The van der Waals surface area contributed by atoms with Gasteiger partial charge in [0.15, 0.2) is 0 Å². The maximum atomic E-state index is 13.6. The van der Waals surface area contributed by atoms with E-state index in [9.17, 15) is 9.50 Å². The van der Waals surface area contributed by atoms with Crippen LogP contribution in [0.3, 0.4) is 0 Å². The van der Waals surface area contributed by atoms with Crippen LogP contribution in [0, 0.1) is 5.82 Å². The highest BCUT2D eigenvalue weighted by Crippen LogP contribution is 2.26. The first-order valence-electron chi connectivity index (χ1n) is 6.51. The molecule has 0 amide bonds. The topological polar surface area (TPSA) is 46.0 Å². The molecule has 1 aromatic carbocycles. The third-order valence-electron chi connectivity index (χ3n) is 3.15. The maximum absolute atomic E-state index is 13.6. The fraction of sp³-hybridized carbons (Fsp3) is 0.125. The lowest BCUT2D eigenvalue weighted by Gasteiger charge is -2.09. The predicted molar refractivity (Wildman–Crippen MR) is 80.4 cm³/mol. The Morgan fingerprint density at radius 2 is 2.00 bits per heavy atom. The van der Waals surface area contributed by atoms with Gasteiger partial charge in [0.1, 0.15) is 5.82 Å². The van der Waals surface area contributed by atoms with Gasteiger partial charge < -0.3 is 5.11 Å². The van der Waals surface area contributed by atoms with Gasteiger partial charge in [-0.15, -0.1) is 11.3 Å². The highest BCUT2D eigenvalue weighted by Gasteiger charge is 2.15. The second kappa shape index (κ2) is 6.11. The summed E-state index contributed by atoms with van der Waals surface area (Å²) >= 11 is 1.46. The summed E-state index contributed by atoms with van der Waals surface area (Å²) in [4.78, 5) is 8.18. The molecule has 0 bridgehead atoms. The van der Waals surface area contributed by atoms with E-state index in [1.165, 1.54) is 23.6 Å². The highest BCUT2D eigenvalue weighted by atomic mass is 32.1. The van der Waals surface area contributed by atoms with Crippen molar-refractivity contribution in [3.05, 3.63) is 70.6 Å². The Bertz CT molecular complexity index is 730. The van der Waals surface area contributed by atoms with E-state index in [1.54, 1.807) is 0 Å². The zero-order chi connectivity index (χ0) is 14.7. The van der Waals surface area contributed by atoms with Gasteiger partial charge in [-0.2, -0.15) is 0 Å². The van der Waals surface area contributed by atoms with Crippen molar-refractivity contribution in [2.24, 2.45) is 0 Å². The van der Waals surface area contributed by atoms with Crippen LogP contribution < -0.4 is 0 Å². The first-order chi connectivity index (χ1) is 10.2. The van der Waals surface area contributed by atoms with Crippen LogP contribution in [0.4, 0.5) is 4.39 Å². The van der Waals surface area contributed by atoms with Gasteiger partial charge in [-0.25, -0.2) is 9.37 Å². The van der Waals surface area contributed by atoms with Gasteiger partial charge in [-0.05, 0) is 6.07 Å². The molecular weight excluding hydrogens is 287 g/mol. The quantitative estimate of drug-likeness (QED) is 0.800. The number of pyridine rings is 1. The number of hydrogen-bond acceptors (Lipinski definition) is 4. The summed E-state index contributed by atoms with van der Waals surface area (Å²) in [6, 6.07) is 11.3. The van der Waals surface area contributed by atoms with E-state index in [2.05, 4.69) is 9.97 Å². The molecule has 0 fully saturated rings. The van der Waals surface area contributed by atoms with Gasteiger partial charge in [0.25, 0.3) is 0 Å². The lowest BCUT2D eigenvalue weighted by atomic mass is 10.1. The second-order valence-electron chi connectivity index (χ2n) is 4.61. The first-order valence-corrected chi connectivity index (χ1v) is 7.39. The number of aliphatic hydroxyl groups excluding tert-OH is 1. The van der Waals surface area contributed by atoms with Crippen LogP contribution in [0.25, 0.3) is 11.3 Å². The Morgan fingerprint density at radius 3 is 2.76 bits per heavy atom. The molecular formula is C16H13FN2OS. The van der Waals surface area contributed by atoms with E-state index in [0.717, 1.165) is 22.5 Å². The second-order valence-corrected chi connectivity index (χ2v) is 5.55. The number of rotatable bonds is 4. The monoisotopic (exact) mass is 300 g/mol. The number of thiazole rings is 1. The smallest absolute Gasteiger partial charge is 0.147 e. The number of aliphatic hydroxyl groups is 1. The largest absolute Gasteiger partial charge is 0.388 e. The van der Waals surface area contributed by atoms with Crippen molar-refractivity contribution in [3.8, 4) is 11.3 Å². The van der Waals surface area contributed by atoms with E-state index in [1.807, 2.05) is 35.7 Å². The van der Waals surface area contributed by atoms with E-state index in [4.69, 9.17) is 0 Å². The number of hydrogen-bond donors (Lipinski definition) is 1. The van der Waals surface area contributed by atoms with Gasteiger partial charge in [-0.3, -0.25) is 4.98 Å². The van der Waals surface area contributed by atoms with Crippen molar-refractivity contribution >= 4 is 11.3 Å². The highest BCUT2D eigenvalue weighted by molar-refractivity contribution is 7.09. The van der Waals surface area contributed by atoms with E-state index < -0.39 is 11.9 Å². The lowest BCUT2D eigenvalue weighted by molar-refractivity contribution is 0.173. The molecule has 2 aromatic heterocycles. The van der Waals surface area contributed by atoms with Crippen LogP contribution in [0.1, 0.15) is 16.7 Å². The van der Waals surface area contributed by atoms with E-state index in [-0.39, 0.29) is 5.56 Å². The Hall–Kier alpha value is -2.11. The van der Waals surface area contributed by atoms with Gasteiger partial charge >= 0.3 is 0 Å². The molecule has 0 saturated carbocycles. The Morgan fingerprint density at radius 1 is 1.19 bits per heavy atom. The van der Waals surface area contributed by atoms with Crippen molar-refractivity contribution in [2.45, 2.75) is 12.5 Å². The van der Waals surface area contributed by atoms with Crippen LogP contribution >= 0.6 is 11.3 Å². The zero-order valence-corrected chi connectivity index (χ0v) is 11.9. The van der Waals surface area contributed by atoms with Crippen LogP contribution in [0.5, 0.6) is 0 Å². The van der Waals surface area contributed by atoms with Gasteiger partial charge in [-0.1, -0.05) is 30.3 Å². The summed E-state index contributed by atoms with van der Waals surface area (Å²) in [6.07, 6.45) is 1.95. The summed E-state index contributed by atoms with van der Waals surface area (Å²) in [5.41, 5.74) is 2.16. The van der Waals surface area contributed by atoms with Crippen molar-refractivity contribution in [1.82, 2.24) is 9.97 Å². The SMILES string of the molecule is OC(Cc1nc(-c2ccccc2)cs1)c1ccncc1F. The number of nitrogens with zero attached hydrogens (tertiary/aromatic N) is 2. The number of aromatic nitrogens is 2. The van der Waals surface area contributed by atoms with E-state index in [0.29, 0.717) is 6.42 Å². The Labute approximate surface area is 125 Å². The zero-order valence-electron chi connectivity index (χ0n) is 11.1. The Balaban J connectivity index is 1.77. The minimum atomic E-state index is -0.914. The molecule has 0 radical (unpaired) electrons. The van der Waals surface area contributed by atoms with E-state index >= 15 is 0 Å². The summed E-state index contributed by atoms with van der Waals surface area (Å²) in [7, 11) is 0. The molecule has 0 spiro atoms. The minimum Gasteiger partial charge on any atom is -0.388 e. The van der Waals surface area contributed by atoms with Crippen LogP contribution in [-0.4, -0.2) is 15.1 Å². The molecule has 0 aliphatic carbocycles. The summed E-state index contributed by atoms with van der Waals surface area (Å²) in [6.45, 7) is 0. The molecule has 0 saturated heterocycles. The molecule has 1 unspecified atom stereocenters. The standard InChI is InChI=1S/C16H13FN2OS/c17-13-9-18-7-6-12(13)15(20)8-16-19-14(10-21-16)11-4-2-1-3-5-11/h1-7,9-10,15,20H,8H2. The third kappa shape index (κ3) is 3.15. The molecule has 106 valence electrons. The normalized spacial score (nSPS) is 12.3. The molecule has 21 heavy (non-hydrogen) atoms. The van der Waals surface area contributed by atoms with Crippen molar-refractivity contribution in [1.29, 1.82) is 0 Å². The molecule has 3 rings (SSSR count). The van der Waals surface area contributed by atoms with Crippen molar-refractivity contribution < 1.29 is 9.50 Å². The molecule has 1 N–H and O–H groups in total. The molecule has 5 heteroatoms. The first kappa shape index (κ1) is 13.9. The Kier molecular flexibility index (Phi) is 4.03. The summed E-state index contributed by atoms with van der Waals surface area (Å²) in [5, 5.41) is 12.9. The fourth-order valence-electron chi connectivity index (χ4n) is 2.08. The summed E-state index contributed by atoms with van der Waals surface area (Å²) in [5.74, 6) is -0.496. The molecule has 1 atom stereocenters. The third-order valence-corrected chi connectivity index (χ3v) is 4.02. The number of benzene rings is 1. The lowest BCUT2D eigenvalue weighted by Crippen LogP contribution is -2.04. The average molecular weight is 300 g/mol. The van der Waals surface area contributed by atoms with Crippen molar-refractivity contribution in [3.63, 3.8) is 0 Å². The van der Waals surface area contributed by atoms with Gasteiger partial charge in [0.05, 0.1) is 23.0 Å². The van der Waals surface area contributed by atoms with Crippen LogP contribution in [0.15, 0.2) is 54.2 Å². The predicted octanol–water partition coefficient (Wildman–Crippen LogP) is 3.62. The number of halogens is 1. The van der Waals surface area contributed by atoms with Crippen molar-refractivity contribution in [2.75, 3.05) is 0 Å². The van der Waals surface area contributed by atoms with Gasteiger partial charge in [0.2, 0.25) is 0 Å². The molecule has 2 heterocycles. The maximum Gasteiger partial charge on any atom is 0.147 e. The van der Waals surface area contributed by atoms with Crippen LogP contribution in [-0.2, 0) is 6.42 Å². The molecule has 0 aliphatic rings. The summed E-state index contributed by atoms with van der Waals surface area (Å²) < 4.78 is 13.6.